The lowest BCUT2D eigenvalue weighted by Gasteiger charge is -2.20. The van der Waals surface area contributed by atoms with Crippen LogP contribution in [0, 0.1) is 0 Å². The molecule has 0 spiro atoms. The number of imide groups is 1. The van der Waals surface area contributed by atoms with Gasteiger partial charge in [0.1, 0.15) is 6.04 Å². The number of esters is 1. The minimum Gasteiger partial charge on any atom is -0.454 e. The Kier molecular flexibility index (Phi) is 5.91. The van der Waals surface area contributed by atoms with Crippen LogP contribution < -0.4 is 10.6 Å². The summed E-state index contributed by atoms with van der Waals surface area (Å²) in [5, 5.41) is 5.01. The summed E-state index contributed by atoms with van der Waals surface area (Å²) in [6.07, 6.45) is 0. The predicted molar refractivity (Wildman–Crippen MR) is 106 cm³/mol. The van der Waals surface area contributed by atoms with Gasteiger partial charge in [0, 0.05) is 18.3 Å². The smallest absolute Gasteiger partial charge is 0.329 e. The normalized spacial score (nSPS) is 13.5. The van der Waals surface area contributed by atoms with Crippen molar-refractivity contribution in [2.45, 2.75) is 13.0 Å². The Morgan fingerprint density at radius 2 is 1.53 bits per heavy atom. The highest BCUT2D eigenvalue weighted by atomic mass is 16.5. The Bertz CT molecular complexity index is 996. The summed E-state index contributed by atoms with van der Waals surface area (Å²) in [5.41, 5.74) is 1.29. The Morgan fingerprint density at radius 1 is 0.967 bits per heavy atom. The number of ether oxygens (including phenoxy) is 1. The van der Waals surface area contributed by atoms with Crippen molar-refractivity contribution in [1.29, 1.82) is 0 Å². The van der Waals surface area contributed by atoms with Crippen LogP contribution in [-0.2, 0) is 14.3 Å². The van der Waals surface area contributed by atoms with Crippen LogP contribution in [0.5, 0.6) is 0 Å². The van der Waals surface area contributed by atoms with Gasteiger partial charge in [-0.15, -0.1) is 0 Å². The molecule has 2 aromatic carbocycles. The van der Waals surface area contributed by atoms with E-state index in [9.17, 15) is 24.0 Å². The van der Waals surface area contributed by atoms with Crippen molar-refractivity contribution < 1.29 is 28.7 Å². The third-order valence-corrected chi connectivity index (χ3v) is 4.56. The summed E-state index contributed by atoms with van der Waals surface area (Å²) >= 11 is 0. The number of nitrogens with one attached hydrogen (secondary N) is 2. The lowest BCUT2D eigenvalue weighted by atomic mass is 10.1. The highest BCUT2D eigenvalue weighted by molar-refractivity contribution is 6.22. The van der Waals surface area contributed by atoms with Crippen molar-refractivity contribution >= 4 is 35.3 Å². The van der Waals surface area contributed by atoms with E-state index in [-0.39, 0.29) is 17.0 Å². The maximum Gasteiger partial charge on any atom is 0.329 e. The van der Waals surface area contributed by atoms with Gasteiger partial charge in [-0.05, 0) is 43.3 Å². The van der Waals surface area contributed by atoms with Gasteiger partial charge in [-0.1, -0.05) is 12.1 Å². The van der Waals surface area contributed by atoms with Gasteiger partial charge in [0.05, 0.1) is 11.1 Å². The van der Waals surface area contributed by atoms with Crippen LogP contribution in [0.15, 0.2) is 48.5 Å². The van der Waals surface area contributed by atoms with E-state index in [1.807, 2.05) is 0 Å². The molecule has 0 aromatic heterocycles. The third kappa shape index (κ3) is 4.04. The van der Waals surface area contributed by atoms with Gasteiger partial charge in [0.15, 0.2) is 6.61 Å². The van der Waals surface area contributed by atoms with Gasteiger partial charge in [0.25, 0.3) is 23.6 Å². The molecule has 0 aliphatic carbocycles. The molecule has 1 unspecified atom stereocenters. The molecule has 9 nitrogen and oxygen atoms in total. The van der Waals surface area contributed by atoms with Crippen LogP contribution in [0.1, 0.15) is 38.0 Å². The van der Waals surface area contributed by atoms with Crippen molar-refractivity contribution in [3.8, 4) is 0 Å². The largest absolute Gasteiger partial charge is 0.454 e. The molecule has 2 aromatic rings. The lowest BCUT2D eigenvalue weighted by Crippen LogP contribution is -2.44. The molecule has 2 N–H and O–H groups in total. The summed E-state index contributed by atoms with van der Waals surface area (Å²) < 4.78 is 4.96. The maximum atomic E-state index is 12.4. The highest BCUT2D eigenvalue weighted by Gasteiger charge is 2.41. The Labute approximate surface area is 172 Å². The number of amides is 4. The van der Waals surface area contributed by atoms with Crippen LogP contribution in [-0.4, -0.2) is 54.2 Å². The molecule has 0 saturated heterocycles. The number of rotatable bonds is 6. The van der Waals surface area contributed by atoms with Crippen LogP contribution in [0.4, 0.5) is 5.69 Å². The van der Waals surface area contributed by atoms with Crippen molar-refractivity contribution in [2.75, 3.05) is 19.0 Å². The van der Waals surface area contributed by atoms with Crippen molar-refractivity contribution in [3.05, 3.63) is 65.2 Å². The Balaban J connectivity index is 1.55. The summed E-state index contributed by atoms with van der Waals surface area (Å²) in [4.78, 5) is 61.5. The molecule has 4 amide bonds. The van der Waals surface area contributed by atoms with Gasteiger partial charge in [-0.25, -0.2) is 4.79 Å². The Hall–Kier alpha value is -4.01. The number of hydrogen-bond donors (Lipinski definition) is 2. The molecular formula is C21H19N3O6. The zero-order valence-electron chi connectivity index (χ0n) is 16.3. The fraction of sp³-hybridized carbons (Fsp3) is 0.190. The lowest BCUT2D eigenvalue weighted by molar-refractivity contribution is -0.150. The van der Waals surface area contributed by atoms with Gasteiger partial charge in [0.2, 0.25) is 0 Å². The minimum atomic E-state index is -1.18. The summed E-state index contributed by atoms with van der Waals surface area (Å²) in [6, 6.07) is 11.2. The van der Waals surface area contributed by atoms with E-state index >= 15 is 0 Å². The van der Waals surface area contributed by atoms with Crippen LogP contribution in [0.3, 0.4) is 0 Å². The average Bonchev–Trinajstić information content (AvgIpc) is 3.02. The van der Waals surface area contributed by atoms with Crippen LogP contribution >= 0.6 is 0 Å². The number of nitrogens with zero attached hydrogens (tertiary/aromatic N) is 1. The first kappa shape index (κ1) is 20.7. The number of carbonyl (C=O) groups is 5. The first-order chi connectivity index (χ1) is 14.3. The molecule has 0 saturated carbocycles. The van der Waals surface area contributed by atoms with Crippen LogP contribution in [0.25, 0.3) is 0 Å². The molecule has 1 aliphatic heterocycles. The molecule has 1 heterocycles. The molecule has 0 radical (unpaired) electrons. The predicted octanol–water partition coefficient (Wildman–Crippen LogP) is 1.21. The van der Waals surface area contributed by atoms with E-state index < -0.39 is 36.3 Å². The second-order valence-electron chi connectivity index (χ2n) is 6.51. The summed E-state index contributed by atoms with van der Waals surface area (Å²) in [5.74, 6) is -2.91. The molecule has 1 atom stereocenters. The number of benzene rings is 2. The number of hydrogen-bond acceptors (Lipinski definition) is 6. The zero-order chi connectivity index (χ0) is 21.8. The van der Waals surface area contributed by atoms with Crippen molar-refractivity contribution in [3.63, 3.8) is 0 Å². The molecule has 30 heavy (non-hydrogen) atoms. The quantitative estimate of drug-likeness (QED) is 0.546. The van der Waals surface area contributed by atoms with E-state index in [4.69, 9.17) is 4.74 Å². The monoisotopic (exact) mass is 409 g/mol. The van der Waals surface area contributed by atoms with Gasteiger partial charge in [-0.2, -0.15) is 0 Å². The standard InChI is InChI=1S/C21H19N3O6/c1-12(24-19(27)15-5-3-4-6-16(15)20(24)28)21(29)30-11-17(25)23-14-9-7-13(8-10-14)18(26)22-2/h3-10,12H,11H2,1-2H3,(H,22,26)(H,23,25). The molecule has 0 fully saturated rings. The van der Waals surface area contributed by atoms with Gasteiger partial charge < -0.3 is 15.4 Å². The average molecular weight is 409 g/mol. The van der Waals surface area contributed by atoms with Gasteiger partial charge >= 0.3 is 5.97 Å². The number of carbonyl (C=O) groups excluding carboxylic acids is 5. The van der Waals surface area contributed by atoms with Crippen LogP contribution in [0.2, 0.25) is 0 Å². The second kappa shape index (κ2) is 8.56. The highest BCUT2D eigenvalue weighted by Crippen LogP contribution is 2.24. The number of anilines is 1. The summed E-state index contributed by atoms with van der Waals surface area (Å²) in [7, 11) is 1.51. The van der Waals surface area contributed by atoms with E-state index in [0.29, 0.717) is 11.3 Å². The maximum absolute atomic E-state index is 12.4. The molecule has 1 aliphatic rings. The third-order valence-electron chi connectivity index (χ3n) is 4.56. The second-order valence-corrected chi connectivity index (χ2v) is 6.51. The van der Waals surface area contributed by atoms with Gasteiger partial charge in [-0.3, -0.25) is 24.1 Å². The molecular weight excluding hydrogens is 390 g/mol. The van der Waals surface area contributed by atoms with Crippen molar-refractivity contribution in [2.24, 2.45) is 0 Å². The topological polar surface area (TPSA) is 122 Å². The number of fused-ring (bicyclic) bond motifs is 1. The Morgan fingerprint density at radius 3 is 2.07 bits per heavy atom. The molecule has 0 bridgehead atoms. The zero-order valence-corrected chi connectivity index (χ0v) is 16.3. The first-order valence-electron chi connectivity index (χ1n) is 9.09. The van der Waals surface area contributed by atoms with E-state index in [1.54, 1.807) is 12.1 Å². The van der Waals surface area contributed by atoms with Crippen molar-refractivity contribution in [1.82, 2.24) is 10.2 Å². The molecule has 154 valence electrons. The van der Waals surface area contributed by atoms with E-state index in [0.717, 1.165) is 4.90 Å². The first-order valence-corrected chi connectivity index (χ1v) is 9.09. The molecule has 3 rings (SSSR count). The van der Waals surface area contributed by atoms with E-state index in [2.05, 4.69) is 10.6 Å². The minimum absolute atomic E-state index is 0.222. The summed E-state index contributed by atoms with van der Waals surface area (Å²) in [6.45, 7) is 0.767. The fourth-order valence-electron chi connectivity index (χ4n) is 2.97. The van der Waals surface area contributed by atoms with E-state index in [1.165, 1.54) is 50.4 Å². The molecule has 9 heteroatoms. The fourth-order valence-corrected chi connectivity index (χ4v) is 2.97. The SMILES string of the molecule is CNC(=O)c1ccc(NC(=O)COC(=O)C(C)N2C(=O)c3ccccc3C2=O)cc1.